The van der Waals surface area contributed by atoms with Crippen LogP contribution in [0, 0.1) is 0 Å². The third-order valence-electron chi connectivity index (χ3n) is 15.9. The van der Waals surface area contributed by atoms with Crippen LogP contribution >= 0.6 is 11.3 Å². The van der Waals surface area contributed by atoms with Crippen LogP contribution in [0.5, 0.6) is 0 Å². The summed E-state index contributed by atoms with van der Waals surface area (Å²) >= 11 is 1.91. The highest BCUT2D eigenvalue weighted by Crippen LogP contribution is 2.49. The Balaban J connectivity index is 0.923. The van der Waals surface area contributed by atoms with Crippen LogP contribution in [-0.4, -0.2) is 9.97 Å². The first kappa shape index (κ1) is 46.5. The fourth-order valence-electron chi connectivity index (χ4n) is 11.9. The van der Waals surface area contributed by atoms with E-state index in [-0.39, 0.29) is 0 Å². The molecule has 0 radical (unpaired) electrons. The zero-order valence-electron chi connectivity index (χ0n) is 43.3. The molecule has 0 aliphatic heterocycles. The molecule has 2 aromatic heterocycles. The minimum absolute atomic E-state index is 0.850. The number of fused-ring (bicyclic) bond motifs is 9. The van der Waals surface area contributed by atoms with Gasteiger partial charge in [-0.1, -0.05) is 218 Å². The van der Waals surface area contributed by atoms with E-state index in [1.807, 2.05) is 17.5 Å². The lowest BCUT2D eigenvalue weighted by Crippen LogP contribution is -1.92. The SMILES string of the molecule is C1=CC(c2cccc(-c3cc(-c4cccc(-c5ccccc5)c4)cc4c3sc3c(-c5cccc(-c6cccc(-c7cnc8c9ccccc9c9ccccc9c8n7)c6)c5)cc(-c5cccc(-c6ccccc6)c5)cc34)c2)=CCC1. The Bertz CT molecular complexity index is 4740. The van der Waals surface area contributed by atoms with Crippen molar-refractivity contribution >= 4 is 69.7 Å². The third-order valence-corrected chi connectivity index (χ3v) is 17.2. The summed E-state index contributed by atoms with van der Waals surface area (Å²) in [6.07, 6.45) is 11.1. The number of rotatable bonds is 9. The van der Waals surface area contributed by atoms with Gasteiger partial charge in [-0.2, -0.15) is 0 Å². The van der Waals surface area contributed by atoms with Gasteiger partial charge in [-0.3, -0.25) is 4.98 Å². The molecule has 0 fully saturated rings. The molecule has 0 atom stereocenters. The smallest absolute Gasteiger partial charge is 0.0979 e. The number of benzene rings is 12. The zero-order valence-corrected chi connectivity index (χ0v) is 44.1. The quantitative estimate of drug-likeness (QED) is 0.135. The van der Waals surface area contributed by atoms with Gasteiger partial charge in [-0.05, 0) is 156 Å². The van der Waals surface area contributed by atoms with Crippen LogP contribution < -0.4 is 0 Å². The molecule has 2 heterocycles. The zero-order chi connectivity index (χ0) is 52.2. The summed E-state index contributed by atoms with van der Waals surface area (Å²) in [4.78, 5) is 10.5. The summed E-state index contributed by atoms with van der Waals surface area (Å²) in [6.45, 7) is 0. The third kappa shape index (κ3) is 8.53. The van der Waals surface area contributed by atoms with Gasteiger partial charge in [0.25, 0.3) is 0 Å². The maximum atomic E-state index is 5.38. The summed E-state index contributed by atoms with van der Waals surface area (Å²) in [5, 5.41) is 7.11. The number of nitrogens with zero attached hydrogens (tertiary/aromatic N) is 2. The number of hydrogen-bond donors (Lipinski definition) is 0. The van der Waals surface area contributed by atoms with Crippen molar-refractivity contribution in [3.63, 3.8) is 0 Å². The number of thiophene rings is 1. The molecule has 0 saturated carbocycles. The molecule has 0 spiro atoms. The number of hydrogen-bond acceptors (Lipinski definition) is 3. The second-order valence-corrected chi connectivity index (χ2v) is 21.7. The predicted molar refractivity (Wildman–Crippen MR) is 337 cm³/mol. The van der Waals surface area contributed by atoms with Crippen molar-refractivity contribution in [1.29, 1.82) is 0 Å². The van der Waals surface area contributed by atoms with Gasteiger partial charge >= 0.3 is 0 Å². The van der Waals surface area contributed by atoms with E-state index in [0.29, 0.717) is 0 Å². The molecule has 2 nitrogen and oxygen atoms in total. The Kier molecular flexibility index (Phi) is 11.6. The van der Waals surface area contributed by atoms with E-state index >= 15 is 0 Å². The highest BCUT2D eigenvalue weighted by Gasteiger charge is 2.21. The summed E-state index contributed by atoms with van der Waals surface area (Å²) < 4.78 is 2.54. The Morgan fingerprint density at radius 2 is 0.696 bits per heavy atom. The minimum Gasteiger partial charge on any atom is -0.252 e. The summed E-state index contributed by atoms with van der Waals surface area (Å²) in [5.74, 6) is 0. The maximum absolute atomic E-state index is 5.38. The molecule has 0 N–H and O–H groups in total. The normalized spacial score (nSPS) is 12.5. The minimum atomic E-state index is 0.850. The van der Waals surface area contributed by atoms with Crippen LogP contribution in [0.1, 0.15) is 18.4 Å². The van der Waals surface area contributed by atoms with Gasteiger partial charge in [0.05, 0.1) is 22.9 Å². The fourth-order valence-corrected chi connectivity index (χ4v) is 13.3. The lowest BCUT2D eigenvalue weighted by Gasteiger charge is -2.13. The van der Waals surface area contributed by atoms with Gasteiger partial charge in [0, 0.05) is 47.6 Å². The van der Waals surface area contributed by atoms with Crippen molar-refractivity contribution in [3.8, 4) is 89.1 Å². The van der Waals surface area contributed by atoms with E-state index in [2.05, 4.69) is 273 Å². The van der Waals surface area contributed by atoms with Crippen LogP contribution in [0.15, 0.2) is 279 Å². The molecule has 1 aliphatic carbocycles. The summed E-state index contributed by atoms with van der Waals surface area (Å²) in [7, 11) is 0. The van der Waals surface area contributed by atoms with Crippen LogP contribution in [0.2, 0.25) is 0 Å². The van der Waals surface area contributed by atoms with Gasteiger partial charge in [0.1, 0.15) is 0 Å². The van der Waals surface area contributed by atoms with E-state index in [1.54, 1.807) is 0 Å². The van der Waals surface area contributed by atoms with E-state index in [1.165, 1.54) is 109 Å². The van der Waals surface area contributed by atoms with Crippen molar-refractivity contribution < 1.29 is 0 Å². The number of aromatic nitrogens is 2. The van der Waals surface area contributed by atoms with Crippen molar-refractivity contribution in [2.45, 2.75) is 12.8 Å². The summed E-state index contributed by atoms with van der Waals surface area (Å²) in [5.41, 5.74) is 22.9. The average molecular weight is 1020 g/mol. The maximum Gasteiger partial charge on any atom is 0.0979 e. The lowest BCUT2D eigenvalue weighted by atomic mass is 9.90. The Labute approximate surface area is 463 Å². The molecule has 0 saturated heterocycles. The second kappa shape index (κ2) is 19.6. The molecule has 0 bridgehead atoms. The van der Waals surface area contributed by atoms with E-state index in [9.17, 15) is 0 Å². The molecule has 15 rings (SSSR count). The fraction of sp³-hybridized carbons (Fsp3) is 0.0263. The van der Waals surface area contributed by atoms with Gasteiger partial charge < -0.3 is 0 Å². The Hall–Kier alpha value is -9.80. The Morgan fingerprint density at radius 3 is 1.23 bits per heavy atom. The van der Waals surface area contributed by atoms with Crippen LogP contribution in [0.3, 0.4) is 0 Å². The molecular weight excluding hydrogens is 973 g/mol. The van der Waals surface area contributed by atoms with Crippen LogP contribution in [0.25, 0.3) is 147 Å². The molecule has 14 aromatic rings. The first-order valence-corrected chi connectivity index (χ1v) is 28.1. The molecule has 12 aromatic carbocycles. The first-order valence-electron chi connectivity index (χ1n) is 27.2. The van der Waals surface area contributed by atoms with E-state index in [0.717, 1.165) is 57.0 Å². The molecule has 79 heavy (non-hydrogen) atoms. The van der Waals surface area contributed by atoms with Crippen molar-refractivity contribution in [2.24, 2.45) is 0 Å². The number of allylic oxidation sites excluding steroid dienone is 4. The van der Waals surface area contributed by atoms with Crippen molar-refractivity contribution in [1.82, 2.24) is 9.97 Å². The standard InChI is InChI=1S/C76H50N2S/c1-4-19-49(20-5-1)52-25-14-30-57(39-52)62-44-68(59-32-16-27-54(41-59)51-23-8-3-9-24-51)75-70(46-62)71-47-63(58-31-15-26-53(40-58)50-21-6-2-7-22-50)45-69(76(71)79-75)60-33-17-28-55(42-60)56-29-18-34-61(43-56)72-48-77-73-66-37-12-10-35-64(66)65-36-11-13-38-67(65)74(73)78-72/h1-2,4-8,10-48H,3,9H2. The average Bonchev–Trinajstić information content (AvgIpc) is 4.07. The largest absolute Gasteiger partial charge is 0.252 e. The first-order chi connectivity index (χ1) is 39.1. The van der Waals surface area contributed by atoms with Crippen molar-refractivity contribution in [2.75, 3.05) is 0 Å². The summed E-state index contributed by atoms with van der Waals surface area (Å²) in [6, 6.07) is 93.5. The highest BCUT2D eigenvalue weighted by atomic mass is 32.1. The van der Waals surface area contributed by atoms with Gasteiger partial charge in [-0.15, -0.1) is 11.3 Å². The van der Waals surface area contributed by atoms with Gasteiger partial charge in [0.2, 0.25) is 0 Å². The van der Waals surface area contributed by atoms with Gasteiger partial charge in [-0.25, -0.2) is 4.98 Å². The van der Waals surface area contributed by atoms with Crippen molar-refractivity contribution in [3.05, 3.63) is 285 Å². The monoisotopic (exact) mass is 1020 g/mol. The molecule has 3 heteroatoms. The molecule has 0 unspecified atom stereocenters. The van der Waals surface area contributed by atoms with Crippen LogP contribution in [-0.2, 0) is 0 Å². The molecule has 370 valence electrons. The molecular formula is C76H50N2S. The Morgan fingerprint density at radius 1 is 0.291 bits per heavy atom. The lowest BCUT2D eigenvalue weighted by molar-refractivity contribution is 1.04. The molecule has 1 aliphatic rings. The van der Waals surface area contributed by atoms with Crippen LogP contribution in [0.4, 0.5) is 0 Å². The highest BCUT2D eigenvalue weighted by molar-refractivity contribution is 7.27. The molecule has 0 amide bonds. The predicted octanol–water partition coefficient (Wildman–Crippen LogP) is 21.4. The van der Waals surface area contributed by atoms with E-state index < -0.39 is 0 Å². The van der Waals surface area contributed by atoms with E-state index in [4.69, 9.17) is 9.97 Å². The van der Waals surface area contributed by atoms with Gasteiger partial charge in [0.15, 0.2) is 0 Å². The topological polar surface area (TPSA) is 25.8 Å². The second-order valence-electron chi connectivity index (χ2n) is 20.7.